The molecule has 0 bridgehead atoms. The Balaban J connectivity index is 2.34. The van der Waals surface area contributed by atoms with Crippen molar-refractivity contribution in [3.05, 3.63) is 53.1 Å². The SMILES string of the molecule is CN(C)CCOC(C)(c1ccc(Cl)cc1)c1nccn1C. The third kappa shape index (κ3) is 3.64. The summed E-state index contributed by atoms with van der Waals surface area (Å²) in [5.41, 5.74) is 0.443. The largest absolute Gasteiger partial charge is 0.361 e. The third-order valence-corrected chi connectivity index (χ3v) is 3.82. The molecule has 1 unspecified atom stereocenters. The lowest BCUT2D eigenvalue weighted by atomic mass is 9.94. The van der Waals surface area contributed by atoms with Crippen molar-refractivity contribution in [2.75, 3.05) is 27.2 Å². The molecule has 0 saturated carbocycles. The van der Waals surface area contributed by atoms with E-state index in [9.17, 15) is 0 Å². The second-order valence-electron chi connectivity index (χ2n) is 5.55. The normalized spacial score (nSPS) is 14.4. The fourth-order valence-corrected chi connectivity index (χ4v) is 2.43. The molecule has 1 aromatic carbocycles. The summed E-state index contributed by atoms with van der Waals surface area (Å²) in [6, 6.07) is 7.75. The van der Waals surface area contributed by atoms with Crippen molar-refractivity contribution in [2.45, 2.75) is 12.5 Å². The summed E-state index contributed by atoms with van der Waals surface area (Å²) in [5.74, 6) is 0.878. The minimum atomic E-state index is -0.598. The molecular weight excluding hydrogens is 286 g/mol. The maximum atomic E-state index is 6.22. The Morgan fingerprint density at radius 1 is 1.29 bits per heavy atom. The fourth-order valence-electron chi connectivity index (χ4n) is 2.30. The highest BCUT2D eigenvalue weighted by molar-refractivity contribution is 6.30. The smallest absolute Gasteiger partial charge is 0.148 e. The number of rotatable bonds is 6. The Labute approximate surface area is 131 Å². The molecule has 0 aliphatic carbocycles. The zero-order valence-corrected chi connectivity index (χ0v) is 13.8. The molecule has 0 saturated heterocycles. The van der Waals surface area contributed by atoms with Crippen LogP contribution in [0.2, 0.25) is 5.02 Å². The molecular formula is C16H22ClN3O. The van der Waals surface area contributed by atoms with Gasteiger partial charge in [0.1, 0.15) is 11.4 Å². The molecule has 2 rings (SSSR count). The number of benzene rings is 1. The second kappa shape index (κ2) is 6.60. The maximum absolute atomic E-state index is 6.22. The Hall–Kier alpha value is -1.36. The zero-order valence-electron chi connectivity index (χ0n) is 13.0. The van der Waals surface area contributed by atoms with Crippen LogP contribution >= 0.6 is 11.6 Å². The number of hydrogen-bond acceptors (Lipinski definition) is 3. The monoisotopic (exact) mass is 307 g/mol. The molecule has 0 spiro atoms. The van der Waals surface area contributed by atoms with Crippen molar-refractivity contribution in [1.82, 2.24) is 14.5 Å². The standard InChI is InChI=1S/C16H22ClN3O/c1-16(21-12-11-19(2)3,15-18-9-10-20(15)4)13-5-7-14(17)8-6-13/h5-10H,11-12H2,1-4H3. The van der Waals surface area contributed by atoms with Gasteiger partial charge in [0.15, 0.2) is 0 Å². The maximum Gasteiger partial charge on any atom is 0.148 e. The highest BCUT2D eigenvalue weighted by Crippen LogP contribution is 2.32. The Kier molecular flexibility index (Phi) is 5.04. The Morgan fingerprint density at radius 3 is 2.48 bits per heavy atom. The predicted octanol–water partition coefficient (Wildman–Crippen LogP) is 2.92. The van der Waals surface area contributed by atoms with Crippen LogP contribution in [0.5, 0.6) is 0 Å². The van der Waals surface area contributed by atoms with E-state index in [1.165, 1.54) is 0 Å². The summed E-state index contributed by atoms with van der Waals surface area (Å²) >= 11 is 6.00. The Morgan fingerprint density at radius 2 is 1.95 bits per heavy atom. The van der Waals surface area contributed by atoms with Gasteiger partial charge in [-0.2, -0.15) is 0 Å². The van der Waals surface area contributed by atoms with E-state index in [4.69, 9.17) is 16.3 Å². The lowest BCUT2D eigenvalue weighted by Gasteiger charge is -2.30. The van der Waals surface area contributed by atoms with E-state index in [0.717, 1.165) is 17.9 Å². The van der Waals surface area contributed by atoms with Crippen molar-refractivity contribution in [3.63, 3.8) is 0 Å². The van der Waals surface area contributed by atoms with Crippen LogP contribution in [0.4, 0.5) is 0 Å². The topological polar surface area (TPSA) is 30.3 Å². The van der Waals surface area contributed by atoms with E-state index in [1.54, 1.807) is 6.20 Å². The van der Waals surface area contributed by atoms with Crippen molar-refractivity contribution >= 4 is 11.6 Å². The number of aryl methyl sites for hydroxylation is 1. The molecule has 1 aromatic heterocycles. The highest BCUT2D eigenvalue weighted by Gasteiger charge is 2.33. The van der Waals surface area contributed by atoms with Gasteiger partial charge in [-0.15, -0.1) is 0 Å². The van der Waals surface area contributed by atoms with Crippen molar-refractivity contribution in [1.29, 1.82) is 0 Å². The summed E-state index contributed by atoms with van der Waals surface area (Å²) in [4.78, 5) is 6.57. The van der Waals surface area contributed by atoms with Gasteiger partial charge < -0.3 is 14.2 Å². The molecule has 4 nitrogen and oxygen atoms in total. The molecule has 0 fully saturated rings. The first-order valence-electron chi connectivity index (χ1n) is 6.96. The first-order valence-corrected chi connectivity index (χ1v) is 7.34. The number of imidazole rings is 1. The average molecular weight is 308 g/mol. The van der Waals surface area contributed by atoms with Gasteiger partial charge in [0, 0.05) is 31.0 Å². The van der Waals surface area contributed by atoms with Crippen molar-refractivity contribution in [2.24, 2.45) is 7.05 Å². The number of aromatic nitrogens is 2. The van der Waals surface area contributed by atoms with Crippen LogP contribution < -0.4 is 0 Å². The van der Waals surface area contributed by atoms with Gasteiger partial charge in [0.2, 0.25) is 0 Å². The van der Waals surface area contributed by atoms with Gasteiger partial charge in [-0.3, -0.25) is 0 Å². The minimum absolute atomic E-state index is 0.598. The summed E-state index contributed by atoms with van der Waals surface area (Å²) in [6.45, 7) is 3.53. The lowest BCUT2D eigenvalue weighted by molar-refractivity contribution is -0.0179. The van der Waals surface area contributed by atoms with Crippen LogP contribution in [0, 0.1) is 0 Å². The molecule has 114 valence electrons. The number of likely N-dealkylation sites (N-methyl/N-ethyl adjacent to an activating group) is 1. The highest BCUT2D eigenvalue weighted by atomic mass is 35.5. The molecule has 0 amide bonds. The molecule has 21 heavy (non-hydrogen) atoms. The van der Waals surface area contributed by atoms with Gasteiger partial charge in [-0.1, -0.05) is 23.7 Å². The second-order valence-corrected chi connectivity index (χ2v) is 5.99. The van der Waals surface area contributed by atoms with Crippen LogP contribution in [0.3, 0.4) is 0 Å². The molecule has 0 aliphatic rings. The van der Waals surface area contributed by atoms with Gasteiger partial charge in [-0.25, -0.2) is 4.98 Å². The van der Waals surface area contributed by atoms with E-state index in [2.05, 4.69) is 9.88 Å². The molecule has 1 heterocycles. The summed E-state index contributed by atoms with van der Waals surface area (Å²) in [6.07, 6.45) is 3.72. The average Bonchev–Trinajstić information content (AvgIpc) is 2.85. The summed E-state index contributed by atoms with van der Waals surface area (Å²) in [7, 11) is 6.04. The minimum Gasteiger partial charge on any atom is -0.361 e. The van der Waals surface area contributed by atoms with Crippen LogP contribution in [-0.4, -0.2) is 41.7 Å². The van der Waals surface area contributed by atoms with Crippen LogP contribution in [0.25, 0.3) is 0 Å². The molecule has 5 heteroatoms. The number of ether oxygens (including phenoxy) is 1. The summed E-state index contributed by atoms with van der Waals surface area (Å²) < 4.78 is 8.21. The molecule has 0 aliphatic heterocycles. The lowest BCUT2D eigenvalue weighted by Crippen LogP contribution is -2.33. The predicted molar refractivity (Wildman–Crippen MR) is 85.6 cm³/mol. The number of halogens is 1. The third-order valence-electron chi connectivity index (χ3n) is 3.57. The van der Waals surface area contributed by atoms with E-state index in [-0.39, 0.29) is 0 Å². The van der Waals surface area contributed by atoms with Crippen LogP contribution in [-0.2, 0) is 17.4 Å². The van der Waals surface area contributed by atoms with Crippen molar-refractivity contribution < 1.29 is 4.74 Å². The molecule has 0 N–H and O–H groups in total. The first-order chi connectivity index (χ1) is 9.93. The van der Waals surface area contributed by atoms with Crippen LogP contribution in [0.1, 0.15) is 18.3 Å². The number of nitrogens with zero attached hydrogens (tertiary/aromatic N) is 3. The van der Waals surface area contributed by atoms with Crippen molar-refractivity contribution in [3.8, 4) is 0 Å². The van der Waals surface area contributed by atoms with Gasteiger partial charge in [0.05, 0.1) is 6.61 Å². The van der Waals surface area contributed by atoms with E-state index < -0.39 is 5.60 Å². The van der Waals surface area contributed by atoms with E-state index in [1.807, 2.05) is 63.1 Å². The quantitative estimate of drug-likeness (QED) is 0.822. The molecule has 2 aromatic rings. The van der Waals surface area contributed by atoms with E-state index in [0.29, 0.717) is 11.6 Å². The van der Waals surface area contributed by atoms with Gasteiger partial charge in [0.25, 0.3) is 0 Å². The van der Waals surface area contributed by atoms with Gasteiger partial charge >= 0.3 is 0 Å². The molecule has 0 radical (unpaired) electrons. The van der Waals surface area contributed by atoms with Gasteiger partial charge in [-0.05, 0) is 38.7 Å². The first kappa shape index (κ1) is 16.0. The van der Waals surface area contributed by atoms with Crippen LogP contribution in [0.15, 0.2) is 36.7 Å². The number of hydrogen-bond donors (Lipinski definition) is 0. The van der Waals surface area contributed by atoms with E-state index >= 15 is 0 Å². The Bertz CT molecular complexity index is 579. The zero-order chi connectivity index (χ0) is 15.5. The summed E-state index contributed by atoms with van der Waals surface area (Å²) in [5, 5.41) is 0.717. The fraction of sp³-hybridized carbons (Fsp3) is 0.438. The molecule has 1 atom stereocenters.